The van der Waals surface area contributed by atoms with Crippen LogP contribution in [0.4, 0.5) is 5.69 Å². The highest BCUT2D eigenvalue weighted by molar-refractivity contribution is 6.35. The molecule has 2 aromatic rings. The number of carbonyl (C=O) groups is 3. The lowest BCUT2D eigenvalue weighted by molar-refractivity contribution is -0.121. The van der Waals surface area contributed by atoms with E-state index < -0.39 is 11.8 Å². The number of imide groups is 1. The van der Waals surface area contributed by atoms with Crippen molar-refractivity contribution in [3.8, 4) is 12.3 Å². The Labute approximate surface area is 177 Å². The van der Waals surface area contributed by atoms with E-state index in [4.69, 9.17) is 34.4 Å². The van der Waals surface area contributed by atoms with E-state index in [-0.39, 0.29) is 24.8 Å². The Morgan fingerprint density at radius 2 is 1.86 bits per heavy atom. The van der Waals surface area contributed by atoms with Gasteiger partial charge in [0.05, 0.1) is 11.8 Å². The van der Waals surface area contributed by atoms with Crippen LogP contribution < -0.4 is 10.2 Å². The minimum Gasteiger partial charge on any atom is -0.475 e. The van der Waals surface area contributed by atoms with Gasteiger partial charge in [0.1, 0.15) is 6.61 Å². The molecule has 0 spiro atoms. The van der Waals surface area contributed by atoms with Gasteiger partial charge in [-0.05, 0) is 42.0 Å². The van der Waals surface area contributed by atoms with Gasteiger partial charge in [-0.25, -0.2) is 4.90 Å². The highest BCUT2D eigenvalue weighted by atomic mass is 35.5. The number of terminal acetylenes is 1. The second-order valence-electron chi connectivity index (χ2n) is 5.95. The Bertz CT molecular complexity index is 1060. The van der Waals surface area contributed by atoms with Crippen LogP contribution in [0.5, 0.6) is 0 Å². The van der Waals surface area contributed by atoms with E-state index in [1.165, 1.54) is 24.3 Å². The van der Waals surface area contributed by atoms with Gasteiger partial charge >= 0.3 is 5.91 Å². The number of amides is 3. The van der Waals surface area contributed by atoms with Crippen molar-refractivity contribution in [1.29, 1.82) is 0 Å². The van der Waals surface area contributed by atoms with Crippen molar-refractivity contribution in [3.63, 3.8) is 0 Å². The van der Waals surface area contributed by atoms with E-state index in [2.05, 4.69) is 11.2 Å². The number of nitrogens with zero attached hydrogens (tertiary/aromatic N) is 1. The van der Waals surface area contributed by atoms with Gasteiger partial charge in [-0.3, -0.25) is 14.4 Å². The standard InChI is InChI=1S/C21H14Cl2N2O4/c1-2-9-29-18-11-19(26)25(21(18)28)16-7-4-13(5-8-16)20(27)24-12-14-3-6-15(22)10-17(14)23/h1,3-8,10-11H,9,12H2,(H,24,27). The van der Waals surface area contributed by atoms with Crippen LogP contribution in [0, 0.1) is 12.3 Å². The second kappa shape index (κ2) is 8.82. The van der Waals surface area contributed by atoms with Crippen LogP contribution in [0.1, 0.15) is 15.9 Å². The molecular weight excluding hydrogens is 415 g/mol. The van der Waals surface area contributed by atoms with Gasteiger partial charge in [0.15, 0.2) is 5.76 Å². The summed E-state index contributed by atoms with van der Waals surface area (Å²) in [7, 11) is 0. The fourth-order valence-electron chi connectivity index (χ4n) is 2.62. The number of rotatable bonds is 6. The molecule has 0 fully saturated rings. The highest BCUT2D eigenvalue weighted by Crippen LogP contribution is 2.24. The Kier molecular flexibility index (Phi) is 6.23. The molecule has 0 aromatic heterocycles. The quantitative estimate of drug-likeness (QED) is 0.565. The number of benzene rings is 2. The molecule has 0 atom stereocenters. The van der Waals surface area contributed by atoms with Crippen LogP contribution in [0.15, 0.2) is 54.3 Å². The number of ether oxygens (including phenoxy) is 1. The van der Waals surface area contributed by atoms with Crippen molar-refractivity contribution in [2.24, 2.45) is 0 Å². The largest absolute Gasteiger partial charge is 0.475 e. The summed E-state index contributed by atoms with van der Waals surface area (Å²) >= 11 is 11.9. The maximum Gasteiger partial charge on any atom is 0.300 e. The van der Waals surface area contributed by atoms with Gasteiger partial charge in [-0.15, -0.1) is 6.42 Å². The summed E-state index contributed by atoms with van der Waals surface area (Å²) in [4.78, 5) is 37.7. The molecule has 1 aliphatic rings. The zero-order valence-electron chi connectivity index (χ0n) is 14.9. The molecule has 1 aliphatic heterocycles. The van der Waals surface area contributed by atoms with Gasteiger partial charge in [0, 0.05) is 22.2 Å². The molecule has 6 nitrogen and oxygen atoms in total. The molecule has 0 aliphatic carbocycles. The third kappa shape index (κ3) is 4.60. The fraction of sp³-hybridized carbons (Fsp3) is 0.0952. The summed E-state index contributed by atoms with van der Waals surface area (Å²) in [6, 6.07) is 11.0. The van der Waals surface area contributed by atoms with Gasteiger partial charge in [-0.1, -0.05) is 35.2 Å². The van der Waals surface area contributed by atoms with Gasteiger partial charge < -0.3 is 10.1 Å². The number of carbonyl (C=O) groups excluding carboxylic acids is 3. The van der Waals surface area contributed by atoms with E-state index >= 15 is 0 Å². The normalized spacial score (nSPS) is 13.1. The lowest BCUT2D eigenvalue weighted by atomic mass is 10.1. The molecule has 0 radical (unpaired) electrons. The molecular formula is C21H14Cl2N2O4. The average molecular weight is 429 g/mol. The average Bonchev–Trinajstić information content (AvgIpc) is 2.99. The van der Waals surface area contributed by atoms with E-state index in [0.717, 1.165) is 16.5 Å². The molecule has 1 heterocycles. The van der Waals surface area contributed by atoms with Crippen molar-refractivity contribution >= 4 is 46.6 Å². The van der Waals surface area contributed by atoms with Crippen LogP contribution in [0.3, 0.4) is 0 Å². The van der Waals surface area contributed by atoms with E-state index in [1.807, 2.05) is 0 Å². The van der Waals surface area contributed by atoms with Crippen molar-refractivity contribution < 1.29 is 19.1 Å². The van der Waals surface area contributed by atoms with Crippen LogP contribution >= 0.6 is 23.2 Å². The van der Waals surface area contributed by atoms with E-state index in [9.17, 15) is 14.4 Å². The molecule has 3 amide bonds. The van der Waals surface area contributed by atoms with Crippen LogP contribution in [-0.4, -0.2) is 24.3 Å². The van der Waals surface area contributed by atoms with Crippen LogP contribution in [-0.2, 0) is 20.9 Å². The first-order chi connectivity index (χ1) is 13.9. The molecule has 1 N–H and O–H groups in total. The predicted octanol–water partition coefficient (Wildman–Crippen LogP) is 3.33. The second-order valence-corrected chi connectivity index (χ2v) is 6.79. The summed E-state index contributed by atoms with van der Waals surface area (Å²) in [5, 5.41) is 3.71. The lowest BCUT2D eigenvalue weighted by Crippen LogP contribution is -2.31. The summed E-state index contributed by atoms with van der Waals surface area (Å²) in [5.74, 6) is 0.623. The van der Waals surface area contributed by atoms with Gasteiger partial charge in [0.2, 0.25) is 0 Å². The van der Waals surface area contributed by atoms with Crippen LogP contribution in [0.25, 0.3) is 0 Å². The molecule has 0 bridgehead atoms. The molecule has 0 saturated heterocycles. The number of hydrogen-bond acceptors (Lipinski definition) is 4. The molecule has 146 valence electrons. The van der Waals surface area contributed by atoms with Crippen molar-refractivity contribution in [2.45, 2.75) is 6.54 Å². The van der Waals surface area contributed by atoms with Gasteiger partial charge in [0.25, 0.3) is 11.8 Å². The zero-order chi connectivity index (χ0) is 21.0. The van der Waals surface area contributed by atoms with Crippen LogP contribution in [0.2, 0.25) is 10.0 Å². The SMILES string of the molecule is C#CCOC1=CC(=O)N(c2ccc(C(=O)NCc3ccc(Cl)cc3Cl)cc2)C1=O. The van der Waals surface area contributed by atoms with Gasteiger partial charge in [-0.2, -0.15) is 0 Å². The van der Waals surface area contributed by atoms with E-state index in [0.29, 0.717) is 21.3 Å². The minimum absolute atomic E-state index is 0.116. The van der Waals surface area contributed by atoms with E-state index in [1.54, 1.807) is 18.2 Å². The minimum atomic E-state index is -0.611. The molecule has 3 rings (SSSR count). The summed E-state index contributed by atoms with van der Waals surface area (Å²) in [6.45, 7) is 0.106. The number of halogens is 2. The first-order valence-corrected chi connectivity index (χ1v) is 9.15. The molecule has 0 saturated carbocycles. The Morgan fingerprint density at radius 1 is 1.14 bits per heavy atom. The summed E-state index contributed by atoms with van der Waals surface area (Å²) in [6.07, 6.45) is 6.17. The molecule has 0 unspecified atom stereocenters. The predicted molar refractivity (Wildman–Crippen MR) is 109 cm³/mol. The topological polar surface area (TPSA) is 75.7 Å². The smallest absolute Gasteiger partial charge is 0.300 e. The fourth-order valence-corrected chi connectivity index (χ4v) is 3.10. The maximum atomic E-state index is 12.4. The number of hydrogen-bond donors (Lipinski definition) is 1. The molecule has 8 heteroatoms. The third-order valence-electron chi connectivity index (χ3n) is 4.04. The highest BCUT2D eigenvalue weighted by Gasteiger charge is 2.33. The Morgan fingerprint density at radius 3 is 2.52 bits per heavy atom. The van der Waals surface area contributed by atoms with Crippen molar-refractivity contribution in [3.05, 3.63) is 75.5 Å². The monoisotopic (exact) mass is 428 g/mol. The molecule has 29 heavy (non-hydrogen) atoms. The first-order valence-electron chi connectivity index (χ1n) is 8.39. The van der Waals surface area contributed by atoms with Crippen molar-refractivity contribution in [1.82, 2.24) is 5.32 Å². The molecule has 2 aromatic carbocycles. The Hall–Kier alpha value is -3.27. The Balaban J connectivity index is 1.65. The number of anilines is 1. The maximum absolute atomic E-state index is 12.4. The summed E-state index contributed by atoms with van der Waals surface area (Å²) in [5.41, 5.74) is 1.39. The zero-order valence-corrected chi connectivity index (χ0v) is 16.5. The summed E-state index contributed by atoms with van der Waals surface area (Å²) < 4.78 is 5.07. The first kappa shape index (κ1) is 20.5. The number of nitrogens with one attached hydrogen (secondary N) is 1. The third-order valence-corrected chi connectivity index (χ3v) is 4.63. The van der Waals surface area contributed by atoms with Crippen molar-refractivity contribution in [2.75, 3.05) is 11.5 Å². The lowest BCUT2D eigenvalue weighted by Gasteiger charge is -2.15.